The zero-order valence-electron chi connectivity index (χ0n) is 8.95. The van der Waals surface area contributed by atoms with Gasteiger partial charge in [0.2, 0.25) is 0 Å². The molecule has 15 heavy (non-hydrogen) atoms. The molecule has 4 nitrogen and oxygen atoms in total. The zero-order valence-corrected chi connectivity index (χ0v) is 8.95. The van der Waals surface area contributed by atoms with E-state index in [-0.39, 0.29) is 6.61 Å². The fourth-order valence-corrected chi connectivity index (χ4v) is 1.11. The number of aryl methyl sites for hydroxylation is 1. The Hall–Kier alpha value is -1.71. The average molecular weight is 209 g/mol. The van der Waals surface area contributed by atoms with Gasteiger partial charge in [-0.05, 0) is 31.5 Å². The molecule has 0 spiro atoms. The third-order valence-corrected chi connectivity index (χ3v) is 1.82. The smallest absolute Gasteiger partial charge is 0.344 e. The third-order valence-electron chi connectivity index (χ3n) is 1.82. The summed E-state index contributed by atoms with van der Waals surface area (Å²) in [5, 5.41) is 0. The highest BCUT2D eigenvalue weighted by Crippen LogP contribution is 2.22. The second kappa shape index (κ2) is 5.24. The molecular formula is C11H15NO3. The van der Waals surface area contributed by atoms with Crippen LogP contribution in [0.15, 0.2) is 18.2 Å². The van der Waals surface area contributed by atoms with Crippen molar-refractivity contribution < 1.29 is 14.3 Å². The van der Waals surface area contributed by atoms with Gasteiger partial charge in [-0.25, -0.2) is 4.79 Å². The molecule has 2 N–H and O–H groups in total. The van der Waals surface area contributed by atoms with Crippen molar-refractivity contribution in [1.82, 2.24) is 0 Å². The zero-order chi connectivity index (χ0) is 11.3. The minimum absolute atomic E-state index is 0.110. The number of nitrogen functional groups attached to an aromatic ring is 1. The lowest BCUT2D eigenvalue weighted by Crippen LogP contribution is -2.15. The van der Waals surface area contributed by atoms with Crippen LogP contribution in [-0.2, 0) is 9.53 Å². The van der Waals surface area contributed by atoms with Crippen LogP contribution in [0.4, 0.5) is 5.69 Å². The maximum atomic E-state index is 11.0. The number of benzene rings is 1. The molecule has 0 aliphatic heterocycles. The van der Waals surface area contributed by atoms with Crippen LogP contribution < -0.4 is 10.5 Å². The summed E-state index contributed by atoms with van der Waals surface area (Å²) < 4.78 is 9.96. The van der Waals surface area contributed by atoms with Crippen LogP contribution in [0, 0.1) is 6.92 Å². The molecule has 0 heterocycles. The van der Waals surface area contributed by atoms with E-state index in [0.29, 0.717) is 18.0 Å². The highest BCUT2D eigenvalue weighted by atomic mass is 16.6. The summed E-state index contributed by atoms with van der Waals surface area (Å²) >= 11 is 0. The van der Waals surface area contributed by atoms with Gasteiger partial charge in [0.25, 0.3) is 0 Å². The molecule has 0 bridgehead atoms. The summed E-state index contributed by atoms with van der Waals surface area (Å²) in [5.74, 6) is 0.126. The van der Waals surface area contributed by atoms with Crippen molar-refractivity contribution in [2.75, 3.05) is 18.9 Å². The van der Waals surface area contributed by atoms with E-state index in [0.717, 1.165) is 5.56 Å². The van der Waals surface area contributed by atoms with Crippen LogP contribution >= 0.6 is 0 Å². The number of ether oxygens (including phenoxy) is 2. The first-order valence-electron chi connectivity index (χ1n) is 4.78. The van der Waals surface area contributed by atoms with Crippen LogP contribution in [0.2, 0.25) is 0 Å². The van der Waals surface area contributed by atoms with Gasteiger partial charge in [-0.3, -0.25) is 0 Å². The Balaban J connectivity index is 2.57. The lowest BCUT2D eigenvalue weighted by atomic mass is 10.2. The number of nitrogens with two attached hydrogens (primary N) is 1. The lowest BCUT2D eigenvalue weighted by molar-refractivity contribution is -0.145. The van der Waals surface area contributed by atoms with Gasteiger partial charge in [0.1, 0.15) is 5.75 Å². The summed E-state index contributed by atoms with van der Waals surface area (Å²) in [6.07, 6.45) is 0. The van der Waals surface area contributed by atoms with E-state index in [1.807, 2.05) is 13.0 Å². The maximum Gasteiger partial charge on any atom is 0.344 e. The van der Waals surface area contributed by atoms with E-state index in [2.05, 4.69) is 0 Å². The summed E-state index contributed by atoms with van der Waals surface area (Å²) in [6.45, 7) is 3.92. The molecule has 0 amide bonds. The molecule has 1 rings (SSSR count). The SMILES string of the molecule is CCOC(=O)COc1cc(C)ccc1N. The predicted molar refractivity (Wildman–Crippen MR) is 57.7 cm³/mol. The Labute approximate surface area is 89.0 Å². The normalized spacial score (nSPS) is 9.73. The first kappa shape index (κ1) is 11.4. The molecule has 0 fully saturated rings. The van der Waals surface area contributed by atoms with Gasteiger partial charge in [-0.2, -0.15) is 0 Å². The predicted octanol–water partition coefficient (Wildman–Crippen LogP) is 1.52. The number of rotatable bonds is 4. The highest BCUT2D eigenvalue weighted by Gasteiger charge is 2.05. The fraction of sp³-hybridized carbons (Fsp3) is 0.364. The van der Waals surface area contributed by atoms with Crippen molar-refractivity contribution >= 4 is 11.7 Å². The molecule has 0 aromatic heterocycles. The van der Waals surface area contributed by atoms with E-state index in [9.17, 15) is 4.79 Å². The van der Waals surface area contributed by atoms with Gasteiger partial charge >= 0.3 is 5.97 Å². The highest BCUT2D eigenvalue weighted by molar-refractivity contribution is 5.71. The Morgan fingerprint density at radius 1 is 1.47 bits per heavy atom. The maximum absolute atomic E-state index is 11.0. The van der Waals surface area contributed by atoms with Gasteiger partial charge in [0.15, 0.2) is 6.61 Å². The minimum Gasteiger partial charge on any atom is -0.480 e. The number of anilines is 1. The van der Waals surface area contributed by atoms with Crippen LogP contribution in [-0.4, -0.2) is 19.2 Å². The van der Waals surface area contributed by atoms with Crippen molar-refractivity contribution in [2.24, 2.45) is 0 Å². The molecule has 4 heteroatoms. The van der Waals surface area contributed by atoms with Crippen molar-refractivity contribution in [3.05, 3.63) is 23.8 Å². The summed E-state index contributed by atoms with van der Waals surface area (Å²) in [5.41, 5.74) is 7.22. The number of carbonyl (C=O) groups excluding carboxylic acids is 1. The van der Waals surface area contributed by atoms with Gasteiger partial charge in [-0.15, -0.1) is 0 Å². The molecule has 0 radical (unpaired) electrons. The van der Waals surface area contributed by atoms with E-state index < -0.39 is 5.97 Å². The Kier molecular flexibility index (Phi) is 3.97. The molecule has 0 atom stereocenters. The lowest BCUT2D eigenvalue weighted by Gasteiger charge is -2.08. The number of hydrogen-bond acceptors (Lipinski definition) is 4. The van der Waals surface area contributed by atoms with Crippen LogP contribution in [0.3, 0.4) is 0 Å². The summed E-state index contributed by atoms with van der Waals surface area (Å²) in [6, 6.07) is 5.41. The monoisotopic (exact) mass is 209 g/mol. The Morgan fingerprint density at radius 3 is 2.87 bits per heavy atom. The molecule has 0 aliphatic rings. The third kappa shape index (κ3) is 3.50. The number of carbonyl (C=O) groups is 1. The molecule has 0 aliphatic carbocycles. The van der Waals surface area contributed by atoms with Crippen molar-refractivity contribution in [2.45, 2.75) is 13.8 Å². The molecule has 1 aromatic rings. The Bertz CT molecular complexity index is 350. The van der Waals surface area contributed by atoms with Crippen LogP contribution in [0.5, 0.6) is 5.75 Å². The Morgan fingerprint density at radius 2 is 2.20 bits per heavy atom. The van der Waals surface area contributed by atoms with E-state index in [1.165, 1.54) is 0 Å². The molecule has 0 saturated carbocycles. The standard InChI is InChI=1S/C11H15NO3/c1-3-14-11(13)7-15-10-6-8(2)4-5-9(10)12/h4-6H,3,7,12H2,1-2H3. The van der Waals surface area contributed by atoms with Crippen LogP contribution in [0.25, 0.3) is 0 Å². The van der Waals surface area contributed by atoms with E-state index in [4.69, 9.17) is 15.2 Å². The fourth-order valence-electron chi connectivity index (χ4n) is 1.11. The molecular weight excluding hydrogens is 194 g/mol. The molecule has 1 aromatic carbocycles. The van der Waals surface area contributed by atoms with E-state index in [1.54, 1.807) is 19.1 Å². The topological polar surface area (TPSA) is 61.5 Å². The second-order valence-electron chi connectivity index (χ2n) is 3.13. The van der Waals surface area contributed by atoms with Crippen LogP contribution in [0.1, 0.15) is 12.5 Å². The summed E-state index contributed by atoms with van der Waals surface area (Å²) in [4.78, 5) is 11.0. The first-order chi connectivity index (χ1) is 7.13. The number of hydrogen-bond donors (Lipinski definition) is 1. The first-order valence-corrected chi connectivity index (χ1v) is 4.78. The van der Waals surface area contributed by atoms with Crippen molar-refractivity contribution in [3.63, 3.8) is 0 Å². The van der Waals surface area contributed by atoms with E-state index >= 15 is 0 Å². The second-order valence-corrected chi connectivity index (χ2v) is 3.13. The quantitative estimate of drug-likeness (QED) is 0.603. The van der Waals surface area contributed by atoms with Crippen molar-refractivity contribution in [3.8, 4) is 5.75 Å². The van der Waals surface area contributed by atoms with Gasteiger partial charge in [0, 0.05) is 0 Å². The largest absolute Gasteiger partial charge is 0.480 e. The summed E-state index contributed by atoms with van der Waals surface area (Å²) in [7, 11) is 0. The average Bonchev–Trinajstić information content (AvgIpc) is 2.20. The van der Waals surface area contributed by atoms with Gasteiger partial charge in [0.05, 0.1) is 12.3 Å². The molecule has 82 valence electrons. The molecule has 0 unspecified atom stereocenters. The minimum atomic E-state index is -0.390. The number of esters is 1. The van der Waals surface area contributed by atoms with Gasteiger partial charge in [-0.1, -0.05) is 6.07 Å². The van der Waals surface area contributed by atoms with Crippen molar-refractivity contribution in [1.29, 1.82) is 0 Å². The van der Waals surface area contributed by atoms with Gasteiger partial charge < -0.3 is 15.2 Å². The molecule has 0 saturated heterocycles.